The number of nitrogens with one attached hydrogen (secondary N) is 1. The lowest BCUT2D eigenvalue weighted by Crippen LogP contribution is -2.17. The van der Waals surface area contributed by atoms with Crippen molar-refractivity contribution in [3.05, 3.63) is 84.3 Å². The first kappa shape index (κ1) is 19.5. The number of nitrogens with zero attached hydrogens (tertiary/aromatic N) is 4. The summed E-state index contributed by atoms with van der Waals surface area (Å²) in [5, 5.41) is 24.9. The van der Waals surface area contributed by atoms with Crippen LogP contribution in [0.25, 0.3) is 5.69 Å². The molecule has 0 radical (unpaired) electrons. The van der Waals surface area contributed by atoms with E-state index in [4.69, 9.17) is 4.74 Å². The summed E-state index contributed by atoms with van der Waals surface area (Å²) in [7, 11) is 1.54. The predicted molar refractivity (Wildman–Crippen MR) is 105 cm³/mol. The zero-order valence-corrected chi connectivity index (χ0v) is 15.4. The summed E-state index contributed by atoms with van der Waals surface area (Å²) in [4.78, 5) is 37.0. The maximum atomic E-state index is 12.7. The molecule has 0 unspecified atom stereocenters. The fraction of sp³-hybridized carbons (Fsp3) is 0.111. The topological polar surface area (TPSA) is 146 Å². The van der Waals surface area contributed by atoms with Crippen LogP contribution in [0, 0.1) is 27.2 Å². The van der Waals surface area contributed by atoms with Crippen molar-refractivity contribution in [1.82, 2.24) is 9.78 Å². The minimum absolute atomic E-state index is 0.110. The molecule has 0 aliphatic heterocycles. The van der Waals surface area contributed by atoms with Crippen LogP contribution >= 0.6 is 0 Å². The molecule has 0 fully saturated rings. The first-order valence-corrected chi connectivity index (χ1v) is 8.24. The van der Waals surface area contributed by atoms with Gasteiger partial charge in [-0.15, -0.1) is 0 Å². The number of benzene rings is 2. The minimum atomic E-state index is -0.852. The van der Waals surface area contributed by atoms with Crippen molar-refractivity contribution in [2.75, 3.05) is 7.11 Å². The van der Waals surface area contributed by atoms with Crippen molar-refractivity contribution in [2.45, 2.75) is 6.92 Å². The Bertz CT molecular complexity index is 1180. The van der Waals surface area contributed by atoms with Gasteiger partial charge in [0, 0.05) is 24.0 Å². The lowest BCUT2D eigenvalue weighted by molar-refractivity contribution is -0.422. The summed E-state index contributed by atoms with van der Waals surface area (Å²) in [6, 6.07) is 10.1. The normalized spacial score (nSPS) is 11.0. The van der Waals surface area contributed by atoms with Gasteiger partial charge in [0.2, 0.25) is 0 Å². The standard InChI is InChI=1S/C18H15N5O6/c1-11-15(18(24)21(20-11)13-4-6-14(29-2)7-5-13)10-19-12-3-8-16(22(25)26)17(9-12)23(27)28/h3-10,20H,1-2H3. The fourth-order valence-electron chi connectivity index (χ4n) is 2.66. The monoisotopic (exact) mass is 397 g/mol. The second-order valence-corrected chi connectivity index (χ2v) is 5.93. The first-order chi connectivity index (χ1) is 13.8. The van der Waals surface area contributed by atoms with Crippen LogP contribution < -0.4 is 10.3 Å². The summed E-state index contributed by atoms with van der Waals surface area (Å²) in [5.41, 5.74) is -0.192. The van der Waals surface area contributed by atoms with Gasteiger partial charge < -0.3 is 4.74 Å². The van der Waals surface area contributed by atoms with E-state index in [-0.39, 0.29) is 16.8 Å². The molecule has 0 saturated heterocycles. The number of hydrogen-bond acceptors (Lipinski definition) is 7. The number of nitro benzene ring substituents is 2. The van der Waals surface area contributed by atoms with E-state index in [0.29, 0.717) is 17.1 Å². The third kappa shape index (κ3) is 3.88. The van der Waals surface area contributed by atoms with Gasteiger partial charge in [-0.25, -0.2) is 4.68 Å². The first-order valence-electron chi connectivity index (χ1n) is 8.24. The number of hydrogen-bond donors (Lipinski definition) is 1. The molecular weight excluding hydrogens is 382 g/mol. The quantitative estimate of drug-likeness (QED) is 0.384. The van der Waals surface area contributed by atoms with Crippen LogP contribution in [-0.4, -0.2) is 33.0 Å². The van der Waals surface area contributed by atoms with E-state index in [1.54, 1.807) is 31.2 Å². The molecule has 11 nitrogen and oxygen atoms in total. The van der Waals surface area contributed by atoms with Gasteiger partial charge in [-0.3, -0.25) is 35.1 Å². The summed E-state index contributed by atoms with van der Waals surface area (Å²) >= 11 is 0. The number of ether oxygens (including phenoxy) is 1. The summed E-state index contributed by atoms with van der Waals surface area (Å²) in [5.74, 6) is 0.645. The maximum absolute atomic E-state index is 12.7. The Labute approximate surface area is 163 Å². The molecule has 148 valence electrons. The molecule has 11 heteroatoms. The summed E-state index contributed by atoms with van der Waals surface area (Å²) in [6.07, 6.45) is 1.26. The second kappa shape index (κ2) is 7.76. The van der Waals surface area contributed by atoms with Gasteiger partial charge >= 0.3 is 11.4 Å². The third-order valence-electron chi connectivity index (χ3n) is 4.14. The molecule has 3 rings (SSSR count). The minimum Gasteiger partial charge on any atom is -0.497 e. The molecule has 0 amide bonds. The summed E-state index contributed by atoms with van der Waals surface area (Å²) < 4.78 is 6.42. The Morgan fingerprint density at radius 1 is 1.07 bits per heavy atom. The molecule has 1 N–H and O–H groups in total. The highest BCUT2D eigenvalue weighted by Gasteiger charge is 2.24. The second-order valence-electron chi connectivity index (χ2n) is 5.93. The van der Waals surface area contributed by atoms with Crippen molar-refractivity contribution >= 4 is 23.3 Å². The molecule has 29 heavy (non-hydrogen) atoms. The van der Waals surface area contributed by atoms with Gasteiger partial charge in [-0.05, 0) is 37.3 Å². The average Bonchev–Trinajstić information content (AvgIpc) is 2.99. The highest BCUT2D eigenvalue weighted by atomic mass is 16.6. The molecule has 2 aromatic carbocycles. The number of aromatic nitrogens is 2. The van der Waals surface area contributed by atoms with Crippen LogP contribution in [0.5, 0.6) is 5.75 Å². The van der Waals surface area contributed by atoms with Crippen molar-refractivity contribution in [3.63, 3.8) is 0 Å². The number of rotatable bonds is 6. The maximum Gasteiger partial charge on any atom is 0.348 e. The Hall–Kier alpha value is -4.28. The molecule has 1 heterocycles. The molecule has 0 atom stereocenters. The van der Waals surface area contributed by atoms with Crippen molar-refractivity contribution in [1.29, 1.82) is 0 Å². The van der Waals surface area contributed by atoms with E-state index >= 15 is 0 Å². The lowest BCUT2D eigenvalue weighted by Gasteiger charge is -2.03. The summed E-state index contributed by atoms with van der Waals surface area (Å²) in [6.45, 7) is 1.68. The van der Waals surface area contributed by atoms with Gasteiger partial charge in [-0.1, -0.05) is 0 Å². The van der Waals surface area contributed by atoms with Gasteiger partial charge in [0.1, 0.15) is 5.75 Å². The molecule has 3 aromatic rings. The molecule has 0 saturated carbocycles. The van der Waals surface area contributed by atoms with Crippen LogP contribution in [0.1, 0.15) is 11.3 Å². The largest absolute Gasteiger partial charge is 0.497 e. The number of methoxy groups -OCH3 is 1. The number of nitro groups is 2. The van der Waals surface area contributed by atoms with E-state index in [9.17, 15) is 25.0 Å². The van der Waals surface area contributed by atoms with E-state index in [0.717, 1.165) is 12.1 Å². The van der Waals surface area contributed by atoms with Crippen LogP contribution in [-0.2, 0) is 0 Å². The van der Waals surface area contributed by atoms with Gasteiger partial charge in [0.15, 0.2) is 0 Å². The van der Waals surface area contributed by atoms with Crippen LogP contribution in [0.3, 0.4) is 0 Å². The third-order valence-corrected chi connectivity index (χ3v) is 4.14. The van der Waals surface area contributed by atoms with Crippen LogP contribution in [0.4, 0.5) is 17.1 Å². The molecule has 0 aliphatic rings. The molecule has 0 spiro atoms. The molecular formula is C18H15N5O6. The average molecular weight is 397 g/mol. The van der Waals surface area contributed by atoms with Crippen molar-refractivity contribution < 1.29 is 14.6 Å². The number of aryl methyl sites for hydroxylation is 1. The zero-order chi connectivity index (χ0) is 21.1. The van der Waals surface area contributed by atoms with Crippen molar-refractivity contribution in [2.24, 2.45) is 4.99 Å². The van der Waals surface area contributed by atoms with Crippen LogP contribution in [0.15, 0.2) is 52.3 Å². The Balaban J connectivity index is 1.96. The Morgan fingerprint density at radius 2 is 1.72 bits per heavy atom. The lowest BCUT2D eigenvalue weighted by atomic mass is 10.2. The van der Waals surface area contributed by atoms with Gasteiger partial charge in [0.25, 0.3) is 5.56 Å². The number of H-pyrrole nitrogens is 1. The molecule has 0 aliphatic carbocycles. The predicted octanol–water partition coefficient (Wildman–Crippen LogP) is 3.05. The molecule has 0 bridgehead atoms. The number of aromatic amines is 1. The van der Waals surface area contributed by atoms with E-state index in [2.05, 4.69) is 10.1 Å². The highest BCUT2D eigenvalue weighted by molar-refractivity contribution is 5.83. The van der Waals surface area contributed by atoms with Gasteiger partial charge in [0.05, 0.1) is 33.9 Å². The Morgan fingerprint density at radius 3 is 2.31 bits per heavy atom. The molecule has 1 aromatic heterocycles. The van der Waals surface area contributed by atoms with Crippen molar-refractivity contribution in [3.8, 4) is 11.4 Å². The van der Waals surface area contributed by atoms with E-state index < -0.39 is 21.2 Å². The van der Waals surface area contributed by atoms with E-state index in [1.807, 2.05) is 0 Å². The number of aliphatic imine (C=N–C) groups is 1. The van der Waals surface area contributed by atoms with E-state index in [1.165, 1.54) is 24.1 Å². The smallest absolute Gasteiger partial charge is 0.348 e. The SMILES string of the molecule is COc1ccc(-n2[nH]c(C)c(C=Nc3ccc([N+](=O)[O-])c([N+](=O)[O-])c3)c2=O)cc1. The highest BCUT2D eigenvalue weighted by Crippen LogP contribution is 2.30. The Kier molecular flexibility index (Phi) is 5.21. The zero-order valence-electron chi connectivity index (χ0n) is 15.4. The van der Waals surface area contributed by atoms with Gasteiger partial charge in [-0.2, -0.15) is 0 Å². The fourth-order valence-corrected chi connectivity index (χ4v) is 2.66. The van der Waals surface area contributed by atoms with Crippen LogP contribution in [0.2, 0.25) is 0 Å².